The third-order valence-electron chi connectivity index (χ3n) is 5.67. The largest absolute Gasteiger partial charge is 0.390 e. The number of aromatic nitrogens is 1. The molecule has 130 valence electrons. The highest BCUT2D eigenvalue weighted by molar-refractivity contribution is 5.87. The first-order valence-corrected chi connectivity index (χ1v) is 8.92. The first-order chi connectivity index (χ1) is 11.6. The summed E-state index contributed by atoms with van der Waals surface area (Å²) in [4.78, 5) is 8.31. The Morgan fingerprint density at radius 1 is 1.21 bits per heavy atom. The van der Waals surface area contributed by atoms with Crippen LogP contribution in [0.1, 0.15) is 16.8 Å². The van der Waals surface area contributed by atoms with E-state index in [0.29, 0.717) is 0 Å². The lowest BCUT2D eigenvalue weighted by atomic mass is 10.1. The number of morpholine rings is 1. The number of β-amino-alcohol motifs (C(OH)–C–C–N with tert-alkyl or cyclic N) is 1. The number of aliphatic hydroxyl groups is 1. The number of hydrogen-bond acceptors (Lipinski definition) is 4. The van der Waals surface area contributed by atoms with Crippen molar-refractivity contribution in [1.29, 1.82) is 0 Å². The molecule has 0 saturated carbocycles. The molecule has 0 radical (unpaired) electrons. The van der Waals surface area contributed by atoms with E-state index in [0.717, 1.165) is 45.9 Å². The molecule has 24 heavy (non-hydrogen) atoms. The van der Waals surface area contributed by atoms with E-state index in [-0.39, 0.29) is 12.1 Å². The Morgan fingerprint density at radius 2 is 2.00 bits per heavy atom. The number of rotatable bonds is 3. The van der Waals surface area contributed by atoms with E-state index in [9.17, 15) is 5.11 Å². The topological polar surface area (TPSA) is 51.7 Å². The van der Waals surface area contributed by atoms with Crippen molar-refractivity contribution in [2.75, 3.05) is 39.4 Å². The van der Waals surface area contributed by atoms with Crippen LogP contribution in [0.4, 0.5) is 0 Å². The number of aromatic amines is 1. The Labute approximate surface area is 143 Å². The molecule has 2 atom stereocenters. The second kappa shape index (κ2) is 6.48. The van der Waals surface area contributed by atoms with Crippen LogP contribution < -0.4 is 0 Å². The molecule has 0 aliphatic carbocycles. The van der Waals surface area contributed by atoms with Crippen LogP contribution in [-0.4, -0.2) is 71.4 Å². The predicted molar refractivity (Wildman–Crippen MR) is 95.2 cm³/mol. The van der Waals surface area contributed by atoms with Gasteiger partial charge in [-0.05, 0) is 25.0 Å². The fraction of sp³-hybridized carbons (Fsp3) is 0.579. The summed E-state index contributed by atoms with van der Waals surface area (Å²) < 4.78 is 5.44. The Bertz CT molecular complexity index is 721. The zero-order chi connectivity index (χ0) is 16.7. The van der Waals surface area contributed by atoms with Crippen LogP contribution in [0, 0.1) is 13.8 Å². The van der Waals surface area contributed by atoms with E-state index in [1.807, 2.05) is 0 Å². The lowest BCUT2D eigenvalue weighted by molar-refractivity contribution is -0.00618. The minimum Gasteiger partial charge on any atom is -0.390 e. The zero-order valence-electron chi connectivity index (χ0n) is 14.6. The van der Waals surface area contributed by atoms with Gasteiger partial charge in [0.05, 0.1) is 24.8 Å². The number of fused-ring (bicyclic) bond motifs is 1. The summed E-state index contributed by atoms with van der Waals surface area (Å²) in [6.07, 6.45) is -0.269. The molecule has 2 N–H and O–H groups in total. The van der Waals surface area contributed by atoms with Crippen LogP contribution in [0.2, 0.25) is 0 Å². The Kier molecular flexibility index (Phi) is 4.35. The van der Waals surface area contributed by atoms with Crippen LogP contribution in [0.15, 0.2) is 18.2 Å². The fourth-order valence-corrected chi connectivity index (χ4v) is 4.16. The molecule has 2 aromatic rings. The van der Waals surface area contributed by atoms with E-state index in [2.05, 4.69) is 46.8 Å². The number of nitrogens with one attached hydrogen (secondary N) is 1. The summed E-state index contributed by atoms with van der Waals surface area (Å²) in [7, 11) is 0. The van der Waals surface area contributed by atoms with Crippen LogP contribution in [0.25, 0.3) is 10.9 Å². The maximum Gasteiger partial charge on any atom is 0.0834 e. The third kappa shape index (κ3) is 2.86. The lowest BCUT2D eigenvalue weighted by Gasteiger charge is -2.33. The summed E-state index contributed by atoms with van der Waals surface area (Å²) >= 11 is 0. The highest BCUT2D eigenvalue weighted by atomic mass is 16.5. The number of likely N-dealkylation sites (tertiary alicyclic amines) is 1. The van der Waals surface area contributed by atoms with Gasteiger partial charge in [0, 0.05) is 49.8 Å². The Balaban J connectivity index is 1.51. The van der Waals surface area contributed by atoms with E-state index in [1.165, 1.54) is 27.7 Å². The van der Waals surface area contributed by atoms with Crippen LogP contribution in [-0.2, 0) is 11.3 Å². The molecule has 2 saturated heterocycles. The maximum absolute atomic E-state index is 10.5. The van der Waals surface area contributed by atoms with Gasteiger partial charge in [0.25, 0.3) is 0 Å². The highest BCUT2D eigenvalue weighted by Gasteiger charge is 2.36. The SMILES string of the molecule is Cc1[nH]c2c(CN3C[C@H](O)[C@@H](N4CCOCC4)C3)cccc2c1C. The smallest absolute Gasteiger partial charge is 0.0834 e. The van der Waals surface area contributed by atoms with Gasteiger partial charge in [0.2, 0.25) is 0 Å². The monoisotopic (exact) mass is 329 g/mol. The molecule has 3 heterocycles. The van der Waals surface area contributed by atoms with Crippen LogP contribution in [0.5, 0.6) is 0 Å². The van der Waals surface area contributed by atoms with Gasteiger partial charge >= 0.3 is 0 Å². The highest BCUT2D eigenvalue weighted by Crippen LogP contribution is 2.27. The second-order valence-electron chi connectivity index (χ2n) is 7.19. The fourth-order valence-electron chi connectivity index (χ4n) is 4.16. The van der Waals surface area contributed by atoms with E-state index in [4.69, 9.17) is 4.74 Å². The van der Waals surface area contributed by atoms with Crippen LogP contribution >= 0.6 is 0 Å². The first-order valence-electron chi connectivity index (χ1n) is 8.92. The van der Waals surface area contributed by atoms with Gasteiger partial charge < -0.3 is 14.8 Å². The van der Waals surface area contributed by atoms with Gasteiger partial charge in [-0.15, -0.1) is 0 Å². The van der Waals surface area contributed by atoms with Crippen molar-refractivity contribution >= 4 is 10.9 Å². The lowest BCUT2D eigenvalue weighted by Crippen LogP contribution is -2.48. The predicted octanol–water partition coefficient (Wildman–Crippen LogP) is 1.66. The number of aliphatic hydroxyl groups excluding tert-OH is 1. The average molecular weight is 329 g/mol. The maximum atomic E-state index is 10.5. The Hall–Kier alpha value is -1.40. The van der Waals surface area contributed by atoms with E-state index < -0.39 is 0 Å². The summed E-state index contributed by atoms with van der Waals surface area (Å²) in [5.41, 5.74) is 5.14. The van der Waals surface area contributed by atoms with Crippen molar-refractivity contribution in [2.24, 2.45) is 0 Å². The summed E-state index contributed by atoms with van der Waals surface area (Å²) in [5, 5.41) is 11.8. The molecule has 4 rings (SSSR count). The third-order valence-corrected chi connectivity index (χ3v) is 5.67. The van der Waals surface area contributed by atoms with Crippen molar-refractivity contribution in [3.63, 3.8) is 0 Å². The molecule has 0 bridgehead atoms. The number of ether oxygens (including phenoxy) is 1. The van der Waals surface area contributed by atoms with Gasteiger partial charge in [0.15, 0.2) is 0 Å². The normalized spacial score (nSPS) is 26.5. The molecule has 5 nitrogen and oxygen atoms in total. The van der Waals surface area contributed by atoms with E-state index >= 15 is 0 Å². The summed E-state index contributed by atoms with van der Waals surface area (Å²) in [6.45, 7) is 10.3. The minimum absolute atomic E-state index is 0.236. The van der Waals surface area contributed by atoms with E-state index in [1.54, 1.807) is 0 Å². The molecule has 1 aromatic carbocycles. The molecular weight excluding hydrogens is 302 g/mol. The van der Waals surface area contributed by atoms with Gasteiger partial charge in [0.1, 0.15) is 0 Å². The molecule has 0 amide bonds. The summed E-state index contributed by atoms with van der Waals surface area (Å²) in [6, 6.07) is 6.77. The zero-order valence-corrected chi connectivity index (χ0v) is 14.6. The minimum atomic E-state index is -0.269. The standard InChI is InChI=1S/C19H27N3O2/c1-13-14(2)20-19-15(4-3-5-16(13)19)10-21-11-17(18(23)12-21)22-6-8-24-9-7-22/h3-5,17-18,20,23H,6-12H2,1-2H3/t17-,18-/m0/s1. The molecule has 1 aromatic heterocycles. The number of para-hydroxylation sites is 1. The molecule has 0 spiro atoms. The number of benzene rings is 1. The van der Waals surface area contributed by atoms with Crippen LogP contribution in [0.3, 0.4) is 0 Å². The first kappa shape index (κ1) is 16.1. The van der Waals surface area contributed by atoms with Crippen molar-refractivity contribution in [1.82, 2.24) is 14.8 Å². The van der Waals surface area contributed by atoms with Gasteiger partial charge in [-0.3, -0.25) is 9.80 Å². The molecule has 2 aliphatic rings. The van der Waals surface area contributed by atoms with Gasteiger partial charge in [-0.2, -0.15) is 0 Å². The van der Waals surface area contributed by atoms with Gasteiger partial charge in [-0.25, -0.2) is 0 Å². The number of H-pyrrole nitrogens is 1. The van der Waals surface area contributed by atoms with Crippen molar-refractivity contribution < 1.29 is 9.84 Å². The molecular formula is C19H27N3O2. The van der Waals surface area contributed by atoms with Crippen molar-refractivity contribution in [3.8, 4) is 0 Å². The average Bonchev–Trinajstić information content (AvgIpc) is 3.10. The quantitative estimate of drug-likeness (QED) is 0.899. The molecule has 5 heteroatoms. The number of aryl methyl sites for hydroxylation is 2. The van der Waals surface area contributed by atoms with Gasteiger partial charge in [-0.1, -0.05) is 18.2 Å². The second-order valence-corrected chi connectivity index (χ2v) is 7.19. The Morgan fingerprint density at radius 3 is 2.79 bits per heavy atom. The summed E-state index contributed by atoms with van der Waals surface area (Å²) in [5.74, 6) is 0. The molecule has 0 unspecified atom stereocenters. The molecule has 2 fully saturated rings. The van der Waals surface area contributed by atoms with Crippen molar-refractivity contribution in [2.45, 2.75) is 32.5 Å². The van der Waals surface area contributed by atoms with Crippen molar-refractivity contribution in [3.05, 3.63) is 35.0 Å². The number of nitrogens with zero attached hydrogens (tertiary/aromatic N) is 2. The molecule has 2 aliphatic heterocycles. The number of hydrogen-bond donors (Lipinski definition) is 2.